The van der Waals surface area contributed by atoms with Gasteiger partial charge in [0.05, 0.1) is 12.2 Å². The van der Waals surface area contributed by atoms with Crippen LogP contribution in [0, 0.1) is 46.3 Å². The molecule has 0 heterocycles. The number of hydrogen-bond acceptors (Lipinski definition) is 3. The first-order chi connectivity index (χ1) is 18.8. The van der Waals surface area contributed by atoms with E-state index in [1.165, 1.54) is 70.6 Å². The maximum Gasteiger partial charge on any atom is 0.407 e. The largest absolute Gasteiger partial charge is 0.446 e. The summed E-state index contributed by atoms with van der Waals surface area (Å²) >= 11 is 0. The molecule has 234 valence electrons. The number of rotatable bonds is 14. The lowest BCUT2D eigenvalue weighted by molar-refractivity contribution is -0.0655. The second kappa shape index (κ2) is 14.6. The number of alkyl carbamates (subject to hydrolysis) is 1. The lowest BCUT2D eigenvalue weighted by atomic mass is 9.50. The van der Waals surface area contributed by atoms with Crippen molar-refractivity contribution in [3.05, 3.63) is 0 Å². The second-order valence-electron chi connectivity index (χ2n) is 16.0. The summed E-state index contributed by atoms with van der Waals surface area (Å²) in [6, 6.07) is 0. The number of carbonyl (C=O) groups excluding carboxylic acids is 1. The van der Waals surface area contributed by atoms with E-state index in [4.69, 9.17) is 9.47 Å². The van der Waals surface area contributed by atoms with Gasteiger partial charge < -0.3 is 14.8 Å². The van der Waals surface area contributed by atoms with Crippen LogP contribution in [0.1, 0.15) is 152 Å². The minimum atomic E-state index is -0.273. The lowest BCUT2D eigenvalue weighted by Gasteiger charge is -2.55. The molecule has 3 fully saturated rings. The van der Waals surface area contributed by atoms with Gasteiger partial charge in [-0.05, 0) is 118 Å². The van der Waals surface area contributed by atoms with E-state index in [0.29, 0.717) is 24.0 Å². The Morgan fingerprint density at radius 2 is 1.65 bits per heavy atom. The fourth-order valence-corrected chi connectivity index (χ4v) is 9.59. The molecule has 1 amide bonds. The molecule has 0 radical (unpaired) electrons. The van der Waals surface area contributed by atoms with Gasteiger partial charge in [-0.15, -0.1) is 0 Å². The number of hydrogen-bond donors (Lipinski definition) is 1. The SMILES string of the molecule is CCCCC(C)(C)OCCNC(=O)OC1CCC(C)(C2CCC3(C)C(CCC3[C@H](C)CCCC(C)C)C2C)CC1. The number of ether oxygens (including phenoxy) is 2. The molecule has 3 rings (SSSR count). The van der Waals surface area contributed by atoms with Gasteiger partial charge in [0.25, 0.3) is 0 Å². The third-order valence-electron chi connectivity index (χ3n) is 12.1. The normalized spacial score (nSPS) is 35.4. The van der Waals surface area contributed by atoms with Crippen LogP contribution in [0.4, 0.5) is 4.79 Å². The highest BCUT2D eigenvalue weighted by molar-refractivity contribution is 5.67. The van der Waals surface area contributed by atoms with Crippen LogP contribution in [0.25, 0.3) is 0 Å². The second-order valence-corrected chi connectivity index (χ2v) is 16.0. The molecular formula is C36H67NO3. The molecule has 0 bridgehead atoms. The van der Waals surface area contributed by atoms with E-state index < -0.39 is 0 Å². The maximum atomic E-state index is 12.5. The first kappa shape index (κ1) is 33.7. The Bertz CT molecular complexity index is 770. The first-order valence-corrected chi connectivity index (χ1v) is 17.4. The van der Waals surface area contributed by atoms with E-state index >= 15 is 0 Å². The summed E-state index contributed by atoms with van der Waals surface area (Å²) in [4.78, 5) is 12.5. The van der Waals surface area contributed by atoms with Crippen molar-refractivity contribution in [1.82, 2.24) is 5.32 Å². The van der Waals surface area contributed by atoms with Gasteiger partial charge >= 0.3 is 6.09 Å². The Labute approximate surface area is 248 Å². The molecule has 0 aromatic carbocycles. The molecule has 4 nitrogen and oxygen atoms in total. The Morgan fingerprint density at radius 1 is 0.950 bits per heavy atom. The quantitative estimate of drug-likeness (QED) is 0.215. The van der Waals surface area contributed by atoms with Crippen LogP contribution in [-0.4, -0.2) is 30.9 Å². The van der Waals surface area contributed by atoms with Gasteiger partial charge in [-0.25, -0.2) is 4.79 Å². The summed E-state index contributed by atoms with van der Waals surface area (Å²) in [6.07, 6.45) is 17.5. The molecule has 0 aliphatic heterocycles. The molecule has 40 heavy (non-hydrogen) atoms. The molecule has 0 spiro atoms. The van der Waals surface area contributed by atoms with Crippen LogP contribution in [0.15, 0.2) is 0 Å². The van der Waals surface area contributed by atoms with Gasteiger partial charge in [-0.3, -0.25) is 0 Å². The minimum absolute atomic E-state index is 0.0571. The molecule has 0 aromatic rings. The Balaban J connectivity index is 1.43. The van der Waals surface area contributed by atoms with E-state index in [2.05, 4.69) is 67.6 Å². The topological polar surface area (TPSA) is 47.6 Å². The smallest absolute Gasteiger partial charge is 0.407 e. The average Bonchev–Trinajstić information content (AvgIpc) is 3.25. The third-order valence-corrected chi connectivity index (χ3v) is 12.1. The van der Waals surface area contributed by atoms with Gasteiger partial charge in [0.1, 0.15) is 6.10 Å². The molecule has 0 aromatic heterocycles. The van der Waals surface area contributed by atoms with E-state index in [1.54, 1.807) is 0 Å². The van der Waals surface area contributed by atoms with Crippen molar-refractivity contribution in [2.24, 2.45) is 46.3 Å². The summed E-state index contributed by atoms with van der Waals surface area (Å²) in [6.45, 7) is 22.6. The molecule has 3 saturated carbocycles. The lowest BCUT2D eigenvalue weighted by Crippen LogP contribution is -2.48. The fraction of sp³-hybridized carbons (Fsp3) is 0.972. The van der Waals surface area contributed by atoms with Gasteiger partial charge in [-0.2, -0.15) is 0 Å². The summed E-state index contributed by atoms with van der Waals surface area (Å²) in [5.74, 6) is 5.11. The number of unbranched alkanes of at least 4 members (excludes halogenated alkanes) is 1. The number of nitrogens with one attached hydrogen (secondary N) is 1. The highest BCUT2D eigenvalue weighted by Crippen LogP contribution is 2.64. The predicted molar refractivity (Wildman–Crippen MR) is 168 cm³/mol. The molecule has 0 saturated heterocycles. The summed E-state index contributed by atoms with van der Waals surface area (Å²) in [7, 11) is 0. The Hall–Kier alpha value is -0.770. The molecule has 5 unspecified atom stereocenters. The molecule has 3 aliphatic rings. The van der Waals surface area contributed by atoms with Crippen molar-refractivity contribution in [1.29, 1.82) is 0 Å². The zero-order valence-electron chi connectivity index (χ0n) is 28.1. The summed E-state index contributed by atoms with van der Waals surface area (Å²) in [5, 5.41) is 2.92. The highest BCUT2D eigenvalue weighted by atomic mass is 16.6. The van der Waals surface area contributed by atoms with E-state index in [0.717, 1.165) is 54.8 Å². The van der Waals surface area contributed by atoms with Crippen LogP contribution in [0.5, 0.6) is 0 Å². The fourth-order valence-electron chi connectivity index (χ4n) is 9.59. The van der Waals surface area contributed by atoms with Gasteiger partial charge in [0.15, 0.2) is 0 Å². The van der Waals surface area contributed by atoms with Crippen LogP contribution in [0.3, 0.4) is 0 Å². The molecule has 3 aliphatic carbocycles. The number of amides is 1. The standard InChI is InChI=1S/C36H67NO3/c1-10-11-20-34(6,7)39-25-24-37-33(38)40-29-17-21-35(8,22-18-29)31-19-23-36(9)30(15-16-32(36)28(31)5)27(4)14-12-13-26(2)3/h26-32H,10-25H2,1-9H3,(H,37,38)/t27-,28?,29?,30?,31?,32?,35?,36?/m1/s1. The maximum absolute atomic E-state index is 12.5. The van der Waals surface area contributed by atoms with E-state index in [1.807, 2.05) is 0 Å². The van der Waals surface area contributed by atoms with Crippen LogP contribution >= 0.6 is 0 Å². The summed E-state index contributed by atoms with van der Waals surface area (Å²) < 4.78 is 11.9. The highest BCUT2D eigenvalue weighted by Gasteiger charge is 2.56. The van der Waals surface area contributed by atoms with Crippen molar-refractivity contribution in [2.75, 3.05) is 13.2 Å². The predicted octanol–water partition coefficient (Wildman–Crippen LogP) is 10.2. The summed E-state index contributed by atoms with van der Waals surface area (Å²) in [5.41, 5.74) is 0.793. The number of carbonyl (C=O) groups is 1. The zero-order chi connectivity index (χ0) is 29.6. The third kappa shape index (κ3) is 8.63. The zero-order valence-corrected chi connectivity index (χ0v) is 28.1. The monoisotopic (exact) mass is 562 g/mol. The van der Waals surface area contributed by atoms with Crippen molar-refractivity contribution in [3.8, 4) is 0 Å². The molecular weight excluding hydrogens is 494 g/mol. The van der Waals surface area contributed by atoms with Crippen molar-refractivity contribution in [3.63, 3.8) is 0 Å². The van der Waals surface area contributed by atoms with Gasteiger partial charge in [0.2, 0.25) is 0 Å². The van der Waals surface area contributed by atoms with Crippen molar-refractivity contribution < 1.29 is 14.3 Å². The minimum Gasteiger partial charge on any atom is -0.446 e. The van der Waals surface area contributed by atoms with Crippen LogP contribution in [-0.2, 0) is 9.47 Å². The Morgan fingerprint density at radius 3 is 2.30 bits per heavy atom. The van der Waals surface area contributed by atoms with Crippen LogP contribution < -0.4 is 5.32 Å². The van der Waals surface area contributed by atoms with E-state index in [-0.39, 0.29) is 17.8 Å². The Kier molecular flexibility index (Phi) is 12.3. The molecule has 1 N–H and O–H groups in total. The van der Waals surface area contributed by atoms with Gasteiger partial charge in [-0.1, -0.05) is 80.6 Å². The van der Waals surface area contributed by atoms with Crippen LogP contribution in [0.2, 0.25) is 0 Å². The molecule has 6 atom stereocenters. The first-order valence-electron chi connectivity index (χ1n) is 17.4. The molecule has 4 heteroatoms. The van der Waals surface area contributed by atoms with Gasteiger partial charge in [0, 0.05) is 6.54 Å². The van der Waals surface area contributed by atoms with E-state index in [9.17, 15) is 4.79 Å². The number of fused-ring (bicyclic) bond motifs is 1. The van der Waals surface area contributed by atoms with Crippen molar-refractivity contribution >= 4 is 6.09 Å². The van der Waals surface area contributed by atoms with Crippen molar-refractivity contribution in [2.45, 2.75) is 164 Å². The average molecular weight is 562 g/mol.